The van der Waals surface area contributed by atoms with Crippen molar-refractivity contribution in [3.63, 3.8) is 0 Å². The second kappa shape index (κ2) is 12.1. The molecule has 0 radical (unpaired) electrons. The monoisotopic (exact) mass is 532 g/mol. The molecule has 0 aliphatic heterocycles. The Morgan fingerprint density at radius 3 is 1.78 bits per heavy atom. The molecule has 202 valence electrons. The number of aromatic hydroxyl groups is 1. The van der Waals surface area contributed by atoms with Gasteiger partial charge in [-0.2, -0.15) is 0 Å². The summed E-state index contributed by atoms with van der Waals surface area (Å²) in [5, 5.41) is 11.9. The van der Waals surface area contributed by atoms with E-state index >= 15 is 0 Å². The second-order valence-electron chi connectivity index (χ2n) is 10.5. The summed E-state index contributed by atoms with van der Waals surface area (Å²) in [6.45, 7) is 12.5. The van der Waals surface area contributed by atoms with Crippen LogP contribution in [-0.2, 0) is 0 Å². The molecule has 0 bridgehead atoms. The van der Waals surface area contributed by atoms with Crippen molar-refractivity contribution in [1.82, 2.24) is 0 Å². The average molecular weight is 533 g/mol. The third kappa shape index (κ3) is 5.58. The zero-order valence-corrected chi connectivity index (χ0v) is 24.3. The lowest BCUT2D eigenvalue weighted by molar-refractivity contribution is 0.479. The van der Waals surface area contributed by atoms with Gasteiger partial charge in [0, 0.05) is 11.1 Å². The number of rotatable bonds is 7. The van der Waals surface area contributed by atoms with E-state index in [9.17, 15) is 5.11 Å². The van der Waals surface area contributed by atoms with Gasteiger partial charge in [0.05, 0.1) is 0 Å². The van der Waals surface area contributed by atoms with Crippen LogP contribution in [0.15, 0.2) is 140 Å². The number of hydrogen-bond donors (Lipinski definition) is 1. The maximum absolute atomic E-state index is 11.9. The van der Waals surface area contributed by atoms with Crippen LogP contribution in [0.5, 0.6) is 5.75 Å². The Kier molecular flexibility index (Phi) is 8.17. The van der Waals surface area contributed by atoms with Crippen molar-refractivity contribution in [2.75, 3.05) is 0 Å². The fraction of sp³-hybridized carbons (Fsp3) is 0.100. The first-order valence-electron chi connectivity index (χ1n) is 14.1. The molecular formula is C40H36O. The van der Waals surface area contributed by atoms with Crippen LogP contribution in [0, 0.1) is 13.8 Å². The first-order chi connectivity index (χ1) is 19.9. The van der Waals surface area contributed by atoms with Crippen LogP contribution in [0.3, 0.4) is 0 Å². The largest absolute Gasteiger partial charge is 0.507 e. The normalized spacial score (nSPS) is 11.9. The highest BCUT2D eigenvalue weighted by atomic mass is 16.3. The van der Waals surface area contributed by atoms with Crippen molar-refractivity contribution in [3.8, 4) is 50.3 Å². The quantitative estimate of drug-likeness (QED) is 0.207. The van der Waals surface area contributed by atoms with Crippen molar-refractivity contribution in [3.05, 3.63) is 156 Å². The van der Waals surface area contributed by atoms with Crippen LogP contribution in [0.2, 0.25) is 0 Å². The van der Waals surface area contributed by atoms with Crippen molar-refractivity contribution >= 4 is 5.57 Å². The maximum Gasteiger partial charge on any atom is 0.131 e. The highest BCUT2D eigenvalue weighted by molar-refractivity contribution is 5.93. The Bertz CT molecular complexity index is 1750. The fourth-order valence-corrected chi connectivity index (χ4v) is 5.61. The standard InChI is InChI=1S/C40H36O/c1-6-14-27(3)35(7-2)37-26-38(40(41)39(29(37)5)33-17-12-9-13-18-33)36-25-34(20-19-28(36)4)32-23-21-31(22-24-32)30-15-10-8-11-16-30/h6-26,41H,2H2,1,3-5H3/b14-6-,35-27+. The molecule has 0 heterocycles. The topological polar surface area (TPSA) is 20.2 Å². The van der Waals surface area contributed by atoms with E-state index in [1.807, 2.05) is 43.3 Å². The zero-order chi connectivity index (χ0) is 28.9. The Morgan fingerprint density at radius 2 is 1.20 bits per heavy atom. The molecule has 0 aromatic heterocycles. The van der Waals surface area contributed by atoms with E-state index in [0.717, 1.165) is 61.2 Å². The Labute approximate surface area is 244 Å². The van der Waals surface area contributed by atoms with Gasteiger partial charge in [0.1, 0.15) is 5.75 Å². The smallest absolute Gasteiger partial charge is 0.131 e. The van der Waals surface area contributed by atoms with Gasteiger partial charge >= 0.3 is 0 Å². The predicted molar refractivity (Wildman–Crippen MR) is 177 cm³/mol. The summed E-state index contributed by atoms with van der Waals surface area (Å²) >= 11 is 0. The van der Waals surface area contributed by atoms with E-state index in [0.29, 0.717) is 5.75 Å². The number of hydrogen-bond acceptors (Lipinski definition) is 1. The van der Waals surface area contributed by atoms with Crippen LogP contribution >= 0.6 is 0 Å². The first kappa shape index (κ1) is 27.7. The lowest BCUT2D eigenvalue weighted by Crippen LogP contribution is -1.97. The highest BCUT2D eigenvalue weighted by Crippen LogP contribution is 2.45. The second-order valence-corrected chi connectivity index (χ2v) is 10.5. The number of allylic oxidation sites excluding steroid dienone is 5. The summed E-state index contributed by atoms with van der Waals surface area (Å²) in [5.74, 6) is 0.296. The molecule has 5 aromatic rings. The Balaban J connectivity index is 1.71. The van der Waals surface area contributed by atoms with Crippen LogP contribution in [0.25, 0.3) is 50.1 Å². The highest BCUT2D eigenvalue weighted by Gasteiger charge is 2.21. The summed E-state index contributed by atoms with van der Waals surface area (Å²) in [7, 11) is 0. The number of aryl methyl sites for hydroxylation is 1. The Hall–Kier alpha value is -4.88. The zero-order valence-electron chi connectivity index (χ0n) is 24.3. The van der Waals surface area contributed by atoms with Crippen molar-refractivity contribution in [2.24, 2.45) is 0 Å². The molecule has 0 aliphatic rings. The van der Waals surface area contributed by atoms with Gasteiger partial charge < -0.3 is 5.11 Å². The van der Waals surface area contributed by atoms with Gasteiger partial charge in [-0.3, -0.25) is 0 Å². The molecule has 0 atom stereocenters. The predicted octanol–water partition coefficient (Wildman–Crippen LogP) is 11.2. The van der Waals surface area contributed by atoms with Crippen molar-refractivity contribution in [1.29, 1.82) is 0 Å². The number of phenolic OH excluding ortho intramolecular Hbond substituents is 1. The third-order valence-electron chi connectivity index (χ3n) is 7.81. The van der Waals surface area contributed by atoms with E-state index in [1.165, 1.54) is 11.1 Å². The third-order valence-corrected chi connectivity index (χ3v) is 7.81. The van der Waals surface area contributed by atoms with Crippen LogP contribution in [0.1, 0.15) is 30.5 Å². The van der Waals surface area contributed by atoms with E-state index < -0.39 is 0 Å². The molecule has 1 N–H and O–H groups in total. The van der Waals surface area contributed by atoms with E-state index in [-0.39, 0.29) is 0 Å². The average Bonchev–Trinajstić information content (AvgIpc) is 3.00. The summed E-state index contributed by atoms with van der Waals surface area (Å²) in [4.78, 5) is 0. The molecule has 0 fully saturated rings. The minimum absolute atomic E-state index is 0.296. The molecule has 5 aromatic carbocycles. The minimum Gasteiger partial charge on any atom is -0.507 e. The Morgan fingerprint density at radius 1 is 0.659 bits per heavy atom. The lowest BCUT2D eigenvalue weighted by atomic mass is 9.84. The van der Waals surface area contributed by atoms with Crippen LogP contribution < -0.4 is 0 Å². The first-order valence-corrected chi connectivity index (χ1v) is 14.1. The minimum atomic E-state index is 0.296. The lowest BCUT2D eigenvalue weighted by Gasteiger charge is -2.21. The van der Waals surface area contributed by atoms with Crippen LogP contribution in [0.4, 0.5) is 0 Å². The summed E-state index contributed by atoms with van der Waals surface area (Å²) in [6, 6.07) is 37.9. The molecule has 0 amide bonds. The van der Waals surface area contributed by atoms with E-state index in [1.54, 1.807) is 0 Å². The summed E-state index contributed by atoms with van der Waals surface area (Å²) in [6.07, 6.45) is 6.07. The van der Waals surface area contributed by atoms with Crippen molar-refractivity contribution < 1.29 is 5.11 Å². The molecule has 0 saturated carbocycles. The number of benzene rings is 5. The van der Waals surface area contributed by atoms with Crippen molar-refractivity contribution in [2.45, 2.75) is 27.7 Å². The SMILES string of the molecule is C=C/C(=C(C)\C=C/C)c1cc(-c2cc(-c3ccc(-c4ccccc4)cc3)ccc2C)c(O)c(-c2ccccc2)c1C. The van der Waals surface area contributed by atoms with Gasteiger partial charge in [0.2, 0.25) is 0 Å². The molecule has 0 unspecified atom stereocenters. The summed E-state index contributed by atoms with van der Waals surface area (Å²) in [5.41, 5.74) is 13.7. The van der Waals surface area contributed by atoms with Gasteiger partial charge in [-0.05, 0) is 101 Å². The molecule has 0 spiro atoms. The van der Waals surface area contributed by atoms with Gasteiger partial charge in [0.25, 0.3) is 0 Å². The fourth-order valence-electron chi connectivity index (χ4n) is 5.61. The van der Waals surface area contributed by atoms with E-state index in [4.69, 9.17) is 0 Å². The number of phenols is 1. The maximum atomic E-state index is 11.9. The van der Waals surface area contributed by atoms with Crippen LogP contribution in [-0.4, -0.2) is 5.11 Å². The van der Waals surface area contributed by atoms with Gasteiger partial charge in [-0.1, -0.05) is 122 Å². The molecule has 41 heavy (non-hydrogen) atoms. The molecule has 5 rings (SSSR count). The molecule has 0 aliphatic carbocycles. The molecular weight excluding hydrogens is 496 g/mol. The molecule has 1 heteroatoms. The van der Waals surface area contributed by atoms with Gasteiger partial charge in [0.15, 0.2) is 0 Å². The van der Waals surface area contributed by atoms with Gasteiger partial charge in [-0.25, -0.2) is 0 Å². The summed E-state index contributed by atoms with van der Waals surface area (Å²) < 4.78 is 0. The van der Waals surface area contributed by atoms with E-state index in [2.05, 4.69) is 118 Å². The molecule has 1 nitrogen and oxygen atoms in total. The molecule has 0 saturated heterocycles. The van der Waals surface area contributed by atoms with Gasteiger partial charge in [-0.15, -0.1) is 0 Å².